The van der Waals surface area contributed by atoms with Gasteiger partial charge in [-0.1, -0.05) is 35.0 Å². The predicted octanol–water partition coefficient (Wildman–Crippen LogP) is 3.37. The van der Waals surface area contributed by atoms with Crippen molar-refractivity contribution in [2.75, 3.05) is 5.73 Å². The minimum atomic E-state index is -0.676. The van der Waals surface area contributed by atoms with E-state index in [1.165, 1.54) is 0 Å². The summed E-state index contributed by atoms with van der Waals surface area (Å²) < 4.78 is 5.26. The van der Waals surface area contributed by atoms with Crippen molar-refractivity contribution < 1.29 is 14.4 Å². The summed E-state index contributed by atoms with van der Waals surface area (Å²) in [5.74, 6) is -0.277. The van der Waals surface area contributed by atoms with Gasteiger partial charge in [0, 0.05) is 6.42 Å². The summed E-state index contributed by atoms with van der Waals surface area (Å²) in [6.07, 6.45) is 0.208. The average Bonchev–Trinajstić information content (AvgIpc) is 2.97. The van der Waals surface area contributed by atoms with Crippen molar-refractivity contribution in [3.63, 3.8) is 0 Å². The molecule has 0 bridgehead atoms. The van der Waals surface area contributed by atoms with Gasteiger partial charge in [-0.25, -0.2) is 9.78 Å². The van der Waals surface area contributed by atoms with E-state index >= 15 is 0 Å². The Hall–Kier alpha value is -2.60. The van der Waals surface area contributed by atoms with E-state index in [4.69, 9.17) is 26.9 Å². The lowest BCUT2D eigenvalue weighted by atomic mass is 10.1. The molecule has 0 saturated carbocycles. The summed E-state index contributed by atoms with van der Waals surface area (Å²) in [6, 6.07) is 10.2. The normalized spacial score (nSPS) is 16.6. The monoisotopic (exact) mass is 331 g/mol. The summed E-state index contributed by atoms with van der Waals surface area (Å²) in [5, 5.41) is 3.94. The van der Waals surface area contributed by atoms with Crippen LogP contribution in [0.15, 0.2) is 41.6 Å². The molecule has 118 valence electrons. The molecule has 2 aromatic rings. The molecule has 0 amide bonds. The van der Waals surface area contributed by atoms with Crippen molar-refractivity contribution in [2.24, 2.45) is 5.16 Å². The second-order valence-corrected chi connectivity index (χ2v) is 5.50. The quantitative estimate of drug-likeness (QED) is 0.688. The van der Waals surface area contributed by atoms with Crippen LogP contribution in [-0.4, -0.2) is 16.7 Å². The number of nitrogens with zero attached hydrogens (tertiary/aromatic N) is 2. The molecule has 0 aliphatic carbocycles. The summed E-state index contributed by atoms with van der Waals surface area (Å²) >= 11 is 6.10. The zero-order valence-electron chi connectivity index (χ0n) is 12.3. The lowest BCUT2D eigenvalue weighted by molar-refractivity contribution is 0.0719. The van der Waals surface area contributed by atoms with Crippen LogP contribution in [0.1, 0.15) is 35.6 Å². The van der Waals surface area contributed by atoms with Crippen LogP contribution in [0.2, 0.25) is 5.02 Å². The summed E-state index contributed by atoms with van der Waals surface area (Å²) in [6.45, 7) is 1.85. The molecule has 1 aromatic carbocycles. The maximum Gasteiger partial charge on any atom is 0.363 e. The minimum Gasteiger partial charge on any atom is -0.422 e. The smallest absolute Gasteiger partial charge is 0.363 e. The fourth-order valence-electron chi connectivity index (χ4n) is 2.17. The number of carbonyl (C=O) groups is 1. The van der Waals surface area contributed by atoms with Crippen molar-refractivity contribution in [1.29, 1.82) is 0 Å². The molecule has 0 fully saturated rings. The zero-order valence-corrected chi connectivity index (χ0v) is 13.1. The van der Waals surface area contributed by atoms with Crippen LogP contribution in [0, 0.1) is 0 Å². The standard InChI is InChI=1S/C16H14ClN3O3/c1-9-7-13(23-20-9)12-8-11(18)14(17)15(19-12)16(21)22-10-5-3-2-4-6-10/h2-6,8,13H,7H2,1H3,(H2,18,19). The fourth-order valence-corrected chi connectivity index (χ4v) is 2.34. The van der Waals surface area contributed by atoms with Crippen molar-refractivity contribution in [1.82, 2.24) is 4.98 Å². The molecule has 1 aliphatic rings. The first-order chi connectivity index (χ1) is 11.0. The molecule has 2 heterocycles. The Labute approximate surface area is 137 Å². The number of esters is 1. The fraction of sp³-hybridized carbons (Fsp3) is 0.188. The van der Waals surface area contributed by atoms with Gasteiger partial charge in [-0.15, -0.1) is 0 Å². The van der Waals surface area contributed by atoms with E-state index in [-0.39, 0.29) is 22.5 Å². The highest BCUT2D eigenvalue weighted by atomic mass is 35.5. The number of carbonyl (C=O) groups excluding carboxylic acids is 1. The molecule has 0 radical (unpaired) electrons. The molecule has 0 spiro atoms. The Balaban J connectivity index is 1.89. The van der Waals surface area contributed by atoms with Crippen LogP contribution in [0.3, 0.4) is 0 Å². The third-order valence-corrected chi connectivity index (χ3v) is 3.70. The second kappa shape index (κ2) is 6.26. The number of hydrogen-bond acceptors (Lipinski definition) is 6. The molecule has 1 unspecified atom stereocenters. The van der Waals surface area contributed by atoms with Crippen LogP contribution in [0.5, 0.6) is 5.75 Å². The minimum absolute atomic E-state index is 0.0429. The number of aromatic nitrogens is 1. The number of pyridine rings is 1. The molecule has 1 aromatic heterocycles. The van der Waals surface area contributed by atoms with Crippen molar-refractivity contribution in [2.45, 2.75) is 19.4 Å². The molecule has 1 atom stereocenters. The third-order valence-electron chi connectivity index (χ3n) is 3.30. The van der Waals surface area contributed by atoms with Crippen LogP contribution in [0.25, 0.3) is 0 Å². The van der Waals surface area contributed by atoms with Crippen molar-refractivity contribution in [3.8, 4) is 5.75 Å². The van der Waals surface area contributed by atoms with E-state index in [2.05, 4.69) is 10.1 Å². The number of anilines is 1. The number of nitrogen functional groups attached to an aromatic ring is 1. The van der Waals surface area contributed by atoms with E-state index in [1.54, 1.807) is 30.3 Å². The van der Waals surface area contributed by atoms with Gasteiger partial charge in [0.1, 0.15) is 5.75 Å². The highest BCUT2D eigenvalue weighted by Crippen LogP contribution is 2.31. The van der Waals surface area contributed by atoms with Gasteiger partial charge < -0.3 is 15.3 Å². The number of nitrogens with two attached hydrogens (primary N) is 1. The van der Waals surface area contributed by atoms with E-state index < -0.39 is 5.97 Å². The van der Waals surface area contributed by atoms with Crippen LogP contribution < -0.4 is 10.5 Å². The number of hydrogen-bond donors (Lipinski definition) is 1. The number of rotatable bonds is 3. The lowest BCUT2D eigenvalue weighted by Crippen LogP contribution is -2.15. The third kappa shape index (κ3) is 3.27. The van der Waals surface area contributed by atoms with E-state index in [0.717, 1.165) is 5.71 Å². The first kappa shape index (κ1) is 15.3. The van der Waals surface area contributed by atoms with E-state index in [9.17, 15) is 4.79 Å². The van der Waals surface area contributed by atoms with Gasteiger partial charge in [-0.05, 0) is 25.1 Å². The number of halogens is 1. The van der Waals surface area contributed by atoms with E-state index in [0.29, 0.717) is 17.9 Å². The SMILES string of the molecule is CC1=NOC(c2cc(N)c(Cl)c(C(=O)Oc3ccccc3)n2)C1. The Kier molecular flexibility index (Phi) is 4.16. The van der Waals surface area contributed by atoms with Crippen LogP contribution in [0.4, 0.5) is 5.69 Å². The number of ether oxygens (including phenoxy) is 1. The van der Waals surface area contributed by atoms with Crippen molar-refractivity contribution in [3.05, 3.63) is 52.8 Å². The van der Waals surface area contributed by atoms with Gasteiger partial charge in [0.05, 0.1) is 22.1 Å². The van der Waals surface area contributed by atoms with Gasteiger partial charge in [0.25, 0.3) is 0 Å². The Morgan fingerprint density at radius 3 is 2.78 bits per heavy atom. The first-order valence-electron chi connectivity index (χ1n) is 6.97. The number of benzene rings is 1. The largest absolute Gasteiger partial charge is 0.422 e. The Morgan fingerprint density at radius 2 is 2.13 bits per heavy atom. The highest BCUT2D eigenvalue weighted by Gasteiger charge is 2.26. The molecule has 1 aliphatic heterocycles. The van der Waals surface area contributed by atoms with Gasteiger partial charge in [0.2, 0.25) is 0 Å². The Morgan fingerprint density at radius 1 is 1.39 bits per heavy atom. The summed E-state index contributed by atoms with van der Waals surface area (Å²) in [7, 11) is 0. The summed E-state index contributed by atoms with van der Waals surface area (Å²) in [4.78, 5) is 21.9. The maximum atomic E-state index is 12.3. The zero-order chi connectivity index (χ0) is 16.4. The first-order valence-corrected chi connectivity index (χ1v) is 7.35. The van der Waals surface area contributed by atoms with Crippen molar-refractivity contribution >= 4 is 29.0 Å². The molecule has 6 nitrogen and oxygen atoms in total. The molecular formula is C16H14ClN3O3. The van der Waals surface area contributed by atoms with Crippen LogP contribution >= 0.6 is 11.6 Å². The average molecular weight is 332 g/mol. The number of para-hydroxylation sites is 1. The topological polar surface area (TPSA) is 86.8 Å². The predicted molar refractivity (Wildman–Crippen MR) is 86.6 cm³/mol. The van der Waals surface area contributed by atoms with Gasteiger partial charge >= 0.3 is 5.97 Å². The van der Waals surface area contributed by atoms with Gasteiger partial charge in [0.15, 0.2) is 11.8 Å². The molecule has 2 N–H and O–H groups in total. The Bertz CT molecular complexity index is 778. The van der Waals surface area contributed by atoms with Gasteiger partial charge in [-0.2, -0.15) is 0 Å². The molecule has 3 rings (SSSR count). The summed E-state index contributed by atoms with van der Waals surface area (Å²) in [5.41, 5.74) is 7.42. The second-order valence-electron chi connectivity index (χ2n) is 5.13. The van der Waals surface area contributed by atoms with Gasteiger partial charge in [-0.3, -0.25) is 0 Å². The molecule has 23 heavy (non-hydrogen) atoms. The van der Waals surface area contributed by atoms with E-state index in [1.807, 2.05) is 13.0 Å². The highest BCUT2D eigenvalue weighted by molar-refractivity contribution is 6.35. The number of oxime groups is 1. The molecule has 0 saturated heterocycles. The van der Waals surface area contributed by atoms with Crippen LogP contribution in [-0.2, 0) is 4.84 Å². The lowest BCUT2D eigenvalue weighted by Gasteiger charge is -2.12. The maximum absolute atomic E-state index is 12.3. The molecular weight excluding hydrogens is 318 g/mol. The molecule has 7 heteroatoms.